The van der Waals surface area contributed by atoms with Crippen molar-refractivity contribution in [2.24, 2.45) is 11.8 Å². The minimum Gasteiger partial charge on any atom is -0.465 e. The van der Waals surface area contributed by atoms with E-state index in [0.717, 1.165) is 25.7 Å². The van der Waals surface area contributed by atoms with Gasteiger partial charge in [0.1, 0.15) is 0 Å². The van der Waals surface area contributed by atoms with Gasteiger partial charge in [0.2, 0.25) is 0 Å². The maximum absolute atomic E-state index is 11.8. The van der Waals surface area contributed by atoms with Crippen LogP contribution in [0.25, 0.3) is 0 Å². The number of likely N-dealkylation sites (tertiary alicyclic amines) is 1. The Morgan fingerprint density at radius 3 is 2.27 bits per heavy atom. The second-order valence-corrected chi connectivity index (χ2v) is 5.05. The van der Waals surface area contributed by atoms with Crippen LogP contribution in [0.1, 0.15) is 32.1 Å². The zero-order valence-corrected chi connectivity index (χ0v) is 8.56. The lowest BCUT2D eigenvalue weighted by molar-refractivity contribution is -0.120. The average molecular weight is 209 g/mol. The fourth-order valence-electron chi connectivity index (χ4n) is 2.82. The van der Waals surface area contributed by atoms with E-state index < -0.39 is 6.09 Å². The number of Topliss-reactive ketones (excluding diaryl/α,β-unsaturated/α-hetero) is 1. The van der Waals surface area contributed by atoms with Gasteiger partial charge in [-0.1, -0.05) is 0 Å². The maximum atomic E-state index is 11.8. The van der Waals surface area contributed by atoms with Crippen molar-refractivity contribution in [1.82, 2.24) is 4.90 Å². The summed E-state index contributed by atoms with van der Waals surface area (Å²) in [5, 5.41) is 9.20. The van der Waals surface area contributed by atoms with Crippen molar-refractivity contribution in [1.29, 1.82) is 0 Å². The van der Waals surface area contributed by atoms with Crippen molar-refractivity contribution in [2.45, 2.75) is 44.2 Å². The first kappa shape index (κ1) is 9.19. The molecule has 0 aromatic heterocycles. The highest BCUT2D eigenvalue weighted by Gasteiger charge is 2.53. The van der Waals surface area contributed by atoms with Crippen LogP contribution < -0.4 is 0 Å². The fraction of sp³-hybridized carbons (Fsp3) is 0.818. The molecule has 0 spiro atoms. The molecular weight excluding hydrogens is 194 g/mol. The molecule has 0 aromatic carbocycles. The molecule has 2 unspecified atom stereocenters. The molecule has 0 bridgehead atoms. The molecular formula is C11H15NO3. The van der Waals surface area contributed by atoms with Crippen molar-refractivity contribution in [3.63, 3.8) is 0 Å². The average Bonchev–Trinajstić information content (AvgIpc) is 3.05. The van der Waals surface area contributed by atoms with E-state index in [2.05, 4.69) is 0 Å². The summed E-state index contributed by atoms with van der Waals surface area (Å²) in [6, 6.07) is -0.298. The quantitative estimate of drug-likeness (QED) is 0.749. The molecule has 1 saturated heterocycles. The number of hydrogen-bond acceptors (Lipinski definition) is 2. The monoisotopic (exact) mass is 209 g/mol. The highest BCUT2D eigenvalue weighted by Crippen LogP contribution is 2.46. The smallest absolute Gasteiger partial charge is 0.408 e. The Bertz CT molecular complexity index is 320. The number of rotatable bonds is 2. The van der Waals surface area contributed by atoms with Gasteiger partial charge in [-0.2, -0.15) is 0 Å². The van der Waals surface area contributed by atoms with Gasteiger partial charge in [-0.15, -0.1) is 0 Å². The molecule has 2 aliphatic carbocycles. The van der Waals surface area contributed by atoms with E-state index >= 15 is 0 Å². The van der Waals surface area contributed by atoms with Crippen LogP contribution in [0.5, 0.6) is 0 Å². The van der Waals surface area contributed by atoms with Crippen molar-refractivity contribution >= 4 is 11.9 Å². The van der Waals surface area contributed by atoms with Gasteiger partial charge < -0.3 is 5.11 Å². The molecule has 3 aliphatic rings. The molecule has 2 saturated carbocycles. The molecule has 1 N–H and O–H groups in total. The Kier molecular flexibility index (Phi) is 1.82. The van der Waals surface area contributed by atoms with E-state index in [0.29, 0.717) is 18.3 Å². The molecule has 1 amide bonds. The molecule has 3 rings (SSSR count). The summed E-state index contributed by atoms with van der Waals surface area (Å²) in [5.74, 6) is 0.961. The number of carboxylic acid groups (broad SMARTS) is 1. The van der Waals surface area contributed by atoms with Crippen molar-refractivity contribution in [3.05, 3.63) is 0 Å². The lowest BCUT2D eigenvalue weighted by Crippen LogP contribution is -2.43. The van der Waals surface area contributed by atoms with E-state index in [1.807, 2.05) is 0 Å². The first-order valence-electron chi connectivity index (χ1n) is 5.72. The van der Waals surface area contributed by atoms with Gasteiger partial charge in [0, 0.05) is 12.5 Å². The van der Waals surface area contributed by atoms with Gasteiger partial charge in [-0.05, 0) is 37.5 Å². The van der Waals surface area contributed by atoms with E-state index in [9.17, 15) is 14.7 Å². The standard InChI is InChI=1S/C11H15NO3/c13-9-5-8(6-1-2-6)12(11(14)15)10(9)7-3-4-7/h6-8,10H,1-5H2,(H,14,15). The zero-order valence-electron chi connectivity index (χ0n) is 8.56. The Balaban J connectivity index is 1.85. The van der Waals surface area contributed by atoms with Crippen molar-refractivity contribution < 1.29 is 14.7 Å². The molecule has 1 aliphatic heterocycles. The molecule has 3 fully saturated rings. The first-order chi connectivity index (χ1) is 7.18. The highest BCUT2D eigenvalue weighted by molar-refractivity contribution is 5.91. The van der Waals surface area contributed by atoms with Gasteiger partial charge in [-0.3, -0.25) is 9.69 Å². The van der Waals surface area contributed by atoms with Crippen LogP contribution in [0.15, 0.2) is 0 Å². The summed E-state index contributed by atoms with van der Waals surface area (Å²) in [6.45, 7) is 0. The van der Waals surface area contributed by atoms with Gasteiger partial charge >= 0.3 is 6.09 Å². The number of ketones is 1. The Morgan fingerprint density at radius 1 is 1.20 bits per heavy atom. The maximum Gasteiger partial charge on any atom is 0.408 e. The summed E-state index contributed by atoms with van der Waals surface area (Å²) < 4.78 is 0. The second kappa shape index (κ2) is 2.97. The van der Waals surface area contributed by atoms with Gasteiger partial charge in [0.25, 0.3) is 0 Å². The van der Waals surface area contributed by atoms with E-state index in [1.54, 1.807) is 0 Å². The molecule has 4 nitrogen and oxygen atoms in total. The van der Waals surface area contributed by atoms with Crippen LogP contribution in [0.2, 0.25) is 0 Å². The minimum atomic E-state index is -0.894. The first-order valence-corrected chi connectivity index (χ1v) is 5.72. The lowest BCUT2D eigenvalue weighted by Gasteiger charge is -2.26. The van der Waals surface area contributed by atoms with Crippen LogP contribution in [0.3, 0.4) is 0 Å². The van der Waals surface area contributed by atoms with Crippen LogP contribution >= 0.6 is 0 Å². The molecule has 0 radical (unpaired) electrons. The SMILES string of the molecule is O=C1CC(C2CC2)N(C(=O)O)C1C1CC1. The summed E-state index contributed by atoms with van der Waals surface area (Å²) in [5.41, 5.74) is 0. The molecule has 0 aromatic rings. The third-order valence-corrected chi connectivity index (χ3v) is 3.85. The number of nitrogens with zero attached hydrogens (tertiary/aromatic N) is 1. The van der Waals surface area contributed by atoms with Gasteiger partial charge in [0.05, 0.1) is 6.04 Å². The van der Waals surface area contributed by atoms with E-state index in [-0.39, 0.29) is 17.9 Å². The van der Waals surface area contributed by atoms with Gasteiger partial charge in [-0.25, -0.2) is 4.79 Å². The third kappa shape index (κ3) is 1.43. The predicted molar refractivity (Wildman–Crippen MR) is 52.5 cm³/mol. The van der Waals surface area contributed by atoms with Crippen molar-refractivity contribution in [3.8, 4) is 0 Å². The summed E-state index contributed by atoms with van der Waals surface area (Å²) in [7, 11) is 0. The number of hydrogen-bond donors (Lipinski definition) is 1. The number of carbonyl (C=O) groups excluding carboxylic acids is 1. The van der Waals surface area contributed by atoms with Gasteiger partial charge in [0.15, 0.2) is 5.78 Å². The Hall–Kier alpha value is -1.06. The van der Waals surface area contributed by atoms with Crippen molar-refractivity contribution in [2.75, 3.05) is 0 Å². The van der Waals surface area contributed by atoms with E-state index in [4.69, 9.17) is 0 Å². The molecule has 82 valence electrons. The molecule has 4 heteroatoms. The Labute approximate surface area is 88.2 Å². The summed E-state index contributed by atoms with van der Waals surface area (Å²) in [4.78, 5) is 24.5. The molecule has 15 heavy (non-hydrogen) atoms. The number of amides is 1. The summed E-state index contributed by atoms with van der Waals surface area (Å²) in [6.07, 6.45) is 3.82. The lowest BCUT2D eigenvalue weighted by atomic mass is 10.1. The Morgan fingerprint density at radius 2 is 1.80 bits per heavy atom. The second-order valence-electron chi connectivity index (χ2n) is 5.05. The van der Waals surface area contributed by atoms with Crippen LogP contribution in [-0.4, -0.2) is 34.0 Å². The molecule has 1 heterocycles. The third-order valence-electron chi connectivity index (χ3n) is 3.85. The summed E-state index contributed by atoms with van der Waals surface area (Å²) >= 11 is 0. The number of carbonyl (C=O) groups is 2. The topological polar surface area (TPSA) is 57.6 Å². The van der Waals surface area contributed by atoms with E-state index in [1.165, 1.54) is 4.90 Å². The zero-order chi connectivity index (χ0) is 10.6. The highest BCUT2D eigenvalue weighted by atomic mass is 16.4. The van der Waals surface area contributed by atoms with Crippen LogP contribution in [0.4, 0.5) is 4.79 Å². The van der Waals surface area contributed by atoms with Crippen LogP contribution in [-0.2, 0) is 4.79 Å². The molecule has 2 atom stereocenters. The predicted octanol–water partition coefficient (Wildman–Crippen LogP) is 1.50. The van der Waals surface area contributed by atoms with Crippen LogP contribution in [0, 0.1) is 11.8 Å². The normalized spacial score (nSPS) is 36.0. The minimum absolute atomic E-state index is 0.000556. The largest absolute Gasteiger partial charge is 0.465 e. The fourth-order valence-corrected chi connectivity index (χ4v) is 2.82.